The molecule has 3 heterocycles. The van der Waals surface area contributed by atoms with Gasteiger partial charge in [-0.1, -0.05) is 12.1 Å². The molecule has 2 fully saturated rings. The maximum absolute atomic E-state index is 13.2. The van der Waals surface area contributed by atoms with Gasteiger partial charge in [0.2, 0.25) is 0 Å². The Morgan fingerprint density at radius 1 is 0.829 bits per heavy atom. The van der Waals surface area contributed by atoms with Crippen LogP contribution in [0.2, 0.25) is 0 Å². The first-order valence-corrected chi connectivity index (χ1v) is 12.7. The van der Waals surface area contributed by atoms with E-state index in [1.54, 1.807) is 0 Å². The SMILES string of the molecule is O=C1CC(c2ccc(O)cc2)Oc2c1c(O)cc(O)c2C1OC(CO)C(O)C(O)C1OC1OC(O)C(O)C(O)C1O. The minimum atomic E-state index is -2.02. The summed E-state index contributed by atoms with van der Waals surface area (Å²) in [7, 11) is 0. The quantitative estimate of drug-likeness (QED) is 0.180. The average Bonchev–Trinajstić information content (AvgIpc) is 2.93. The molecule has 0 spiro atoms. The van der Waals surface area contributed by atoms with Crippen LogP contribution in [0.1, 0.15) is 40.1 Å². The molecule has 224 valence electrons. The number of aliphatic hydroxyl groups is 7. The molecule has 0 saturated carbocycles. The van der Waals surface area contributed by atoms with E-state index in [-0.39, 0.29) is 29.0 Å². The van der Waals surface area contributed by atoms with Crippen molar-refractivity contribution in [2.75, 3.05) is 6.61 Å². The standard InChI is InChI=1S/C26H30O15/c27-7-14-17(32)19(34)24(40-26-21(36)18(33)20(35)25(37)41-26)23(39-14)16-11(30)5-10(29)15-12(31)6-13(38-22(15)16)8-1-3-9(28)4-2-8/h1-5,13-14,17-21,23-30,32-37H,6-7H2. The Morgan fingerprint density at radius 3 is 2.17 bits per heavy atom. The predicted molar refractivity (Wildman–Crippen MR) is 131 cm³/mol. The number of aliphatic hydroxyl groups excluding tert-OH is 7. The lowest BCUT2D eigenvalue weighted by Crippen LogP contribution is -2.62. The van der Waals surface area contributed by atoms with Gasteiger partial charge in [0.15, 0.2) is 18.4 Å². The van der Waals surface area contributed by atoms with E-state index >= 15 is 0 Å². The molecule has 41 heavy (non-hydrogen) atoms. The summed E-state index contributed by atoms with van der Waals surface area (Å²) in [5.41, 5.74) is -0.216. The molecule has 10 N–H and O–H groups in total. The van der Waals surface area contributed by atoms with Gasteiger partial charge in [-0.3, -0.25) is 4.79 Å². The molecule has 0 aromatic heterocycles. The number of hydrogen-bond acceptors (Lipinski definition) is 15. The molecule has 15 nitrogen and oxygen atoms in total. The molecule has 0 amide bonds. The van der Waals surface area contributed by atoms with E-state index in [4.69, 9.17) is 18.9 Å². The summed E-state index contributed by atoms with van der Waals surface area (Å²) in [6.45, 7) is -0.815. The van der Waals surface area contributed by atoms with Gasteiger partial charge in [-0.2, -0.15) is 0 Å². The molecule has 0 aliphatic carbocycles. The van der Waals surface area contributed by atoms with Crippen LogP contribution in [0.4, 0.5) is 0 Å². The van der Waals surface area contributed by atoms with E-state index < -0.39 is 91.4 Å². The summed E-state index contributed by atoms with van der Waals surface area (Å²) in [5, 5.41) is 103. The van der Waals surface area contributed by atoms with Gasteiger partial charge in [0.05, 0.1) is 18.6 Å². The van der Waals surface area contributed by atoms with Gasteiger partial charge in [-0.15, -0.1) is 0 Å². The molecule has 2 saturated heterocycles. The minimum Gasteiger partial charge on any atom is -0.508 e. The molecule has 15 heteroatoms. The summed E-state index contributed by atoms with van der Waals surface area (Å²) >= 11 is 0. The molecular formula is C26H30O15. The molecule has 0 radical (unpaired) electrons. The molecule has 0 bridgehead atoms. The molecule has 11 atom stereocenters. The molecule has 11 unspecified atom stereocenters. The Hall–Kier alpha value is -3.09. The van der Waals surface area contributed by atoms with Gasteiger partial charge >= 0.3 is 0 Å². The van der Waals surface area contributed by atoms with Gasteiger partial charge in [-0.25, -0.2) is 0 Å². The summed E-state index contributed by atoms with van der Waals surface area (Å²) < 4.78 is 22.5. The average molecular weight is 583 g/mol. The molecule has 3 aliphatic heterocycles. The number of hydrogen-bond donors (Lipinski definition) is 10. The predicted octanol–water partition coefficient (Wildman–Crippen LogP) is -2.19. The molecule has 3 aliphatic rings. The van der Waals surface area contributed by atoms with Crippen LogP contribution in [-0.4, -0.2) is 119 Å². The lowest BCUT2D eigenvalue weighted by molar-refractivity contribution is -0.368. The summed E-state index contributed by atoms with van der Waals surface area (Å²) in [6, 6.07) is 6.56. The number of phenols is 3. The van der Waals surface area contributed by atoms with Gasteiger partial charge in [0.1, 0.15) is 83.5 Å². The second-order valence-corrected chi connectivity index (χ2v) is 10.1. The van der Waals surface area contributed by atoms with Gasteiger partial charge in [-0.05, 0) is 17.7 Å². The van der Waals surface area contributed by atoms with Crippen molar-refractivity contribution < 1.29 is 74.8 Å². The fourth-order valence-electron chi connectivity index (χ4n) is 5.22. The first kappa shape index (κ1) is 29.4. The highest BCUT2D eigenvalue weighted by molar-refractivity contribution is 6.03. The van der Waals surface area contributed by atoms with Crippen LogP contribution in [0.15, 0.2) is 30.3 Å². The maximum atomic E-state index is 13.2. The molecular weight excluding hydrogens is 552 g/mol. The fraction of sp³-hybridized carbons (Fsp3) is 0.500. The van der Waals surface area contributed by atoms with E-state index in [2.05, 4.69) is 0 Å². The second kappa shape index (κ2) is 11.3. The number of carbonyl (C=O) groups is 1. The Kier molecular flexibility index (Phi) is 8.10. The number of ether oxygens (including phenoxy) is 4. The third kappa shape index (κ3) is 5.21. The summed E-state index contributed by atoms with van der Waals surface area (Å²) in [4.78, 5) is 13.2. The van der Waals surface area contributed by atoms with Crippen LogP contribution in [0, 0.1) is 0 Å². The summed E-state index contributed by atoms with van der Waals surface area (Å²) in [5.74, 6) is -2.33. The van der Waals surface area contributed by atoms with Gasteiger partial charge in [0, 0.05) is 6.07 Å². The zero-order valence-corrected chi connectivity index (χ0v) is 21.2. The second-order valence-electron chi connectivity index (χ2n) is 10.1. The Balaban J connectivity index is 1.58. The van der Waals surface area contributed by atoms with Crippen LogP contribution in [0.3, 0.4) is 0 Å². The van der Waals surface area contributed by atoms with E-state index in [1.165, 1.54) is 24.3 Å². The Bertz CT molecular complexity index is 1270. The topological polar surface area (TPSA) is 256 Å². The van der Waals surface area contributed by atoms with Crippen LogP contribution in [0.25, 0.3) is 0 Å². The lowest BCUT2D eigenvalue weighted by Gasteiger charge is -2.46. The van der Waals surface area contributed by atoms with Crippen molar-refractivity contribution in [3.05, 3.63) is 47.0 Å². The highest BCUT2D eigenvalue weighted by Crippen LogP contribution is 2.51. The first-order valence-electron chi connectivity index (χ1n) is 12.7. The smallest absolute Gasteiger partial charge is 0.189 e. The largest absolute Gasteiger partial charge is 0.508 e. The highest BCUT2D eigenvalue weighted by Gasteiger charge is 2.52. The summed E-state index contributed by atoms with van der Waals surface area (Å²) in [6.07, 6.45) is -19.6. The van der Waals surface area contributed by atoms with Crippen molar-refractivity contribution >= 4 is 5.78 Å². The fourth-order valence-corrected chi connectivity index (χ4v) is 5.22. The number of phenolic OH excluding ortho intramolecular Hbond substituents is 3. The zero-order valence-electron chi connectivity index (χ0n) is 21.2. The van der Waals surface area contributed by atoms with Crippen molar-refractivity contribution in [1.82, 2.24) is 0 Å². The van der Waals surface area contributed by atoms with Gasteiger partial charge in [0.25, 0.3) is 0 Å². The van der Waals surface area contributed by atoms with E-state index in [0.29, 0.717) is 5.56 Å². The normalized spacial score (nSPS) is 37.3. The lowest BCUT2D eigenvalue weighted by atomic mass is 9.86. The van der Waals surface area contributed by atoms with Crippen LogP contribution >= 0.6 is 0 Å². The number of benzene rings is 2. The third-order valence-electron chi connectivity index (χ3n) is 7.44. The van der Waals surface area contributed by atoms with Crippen molar-refractivity contribution in [3.63, 3.8) is 0 Å². The monoisotopic (exact) mass is 582 g/mol. The highest BCUT2D eigenvalue weighted by atomic mass is 16.8. The van der Waals surface area contributed by atoms with Crippen LogP contribution in [-0.2, 0) is 14.2 Å². The molecule has 2 aromatic carbocycles. The number of aromatic hydroxyl groups is 3. The number of fused-ring (bicyclic) bond motifs is 1. The number of carbonyl (C=O) groups excluding carboxylic acids is 1. The van der Waals surface area contributed by atoms with E-state index in [0.717, 1.165) is 6.07 Å². The van der Waals surface area contributed by atoms with Crippen molar-refractivity contribution in [1.29, 1.82) is 0 Å². The van der Waals surface area contributed by atoms with Crippen LogP contribution < -0.4 is 4.74 Å². The molecule has 5 rings (SSSR count). The maximum Gasteiger partial charge on any atom is 0.189 e. The van der Waals surface area contributed by atoms with Crippen molar-refractivity contribution in [3.8, 4) is 23.0 Å². The Morgan fingerprint density at radius 2 is 1.51 bits per heavy atom. The van der Waals surface area contributed by atoms with Crippen LogP contribution in [0.5, 0.6) is 23.0 Å². The van der Waals surface area contributed by atoms with E-state index in [1.807, 2.05) is 0 Å². The van der Waals surface area contributed by atoms with E-state index in [9.17, 15) is 55.9 Å². The minimum absolute atomic E-state index is 0.0414. The van der Waals surface area contributed by atoms with Gasteiger partial charge < -0.3 is 70.0 Å². The number of ketones is 1. The Labute approximate surface area is 231 Å². The zero-order chi connectivity index (χ0) is 29.7. The van der Waals surface area contributed by atoms with Crippen molar-refractivity contribution in [2.24, 2.45) is 0 Å². The molecule has 2 aromatic rings. The first-order chi connectivity index (χ1) is 19.4. The third-order valence-corrected chi connectivity index (χ3v) is 7.44. The number of Topliss-reactive ketones (excluding diaryl/α,β-unsaturated/α-hetero) is 1. The van der Waals surface area contributed by atoms with Crippen molar-refractivity contribution in [2.45, 2.75) is 73.9 Å². The number of rotatable bonds is 5.